The van der Waals surface area contributed by atoms with Crippen LogP contribution in [0.5, 0.6) is 0 Å². The molecule has 2 rings (SSSR count). The molecule has 0 aromatic heterocycles. The molecule has 1 heterocycles. The molecule has 1 fully saturated rings. The maximum Gasteiger partial charge on any atom is 0.410 e. The molecule has 1 aliphatic heterocycles. The summed E-state index contributed by atoms with van der Waals surface area (Å²) in [4.78, 5) is 27.8. The van der Waals surface area contributed by atoms with Crippen molar-refractivity contribution < 1.29 is 14.3 Å². The van der Waals surface area contributed by atoms with Crippen molar-refractivity contribution in [3.8, 4) is 0 Å². The van der Waals surface area contributed by atoms with E-state index in [9.17, 15) is 9.59 Å². The van der Waals surface area contributed by atoms with Gasteiger partial charge in [-0.3, -0.25) is 4.79 Å². The number of hydrogen-bond acceptors (Lipinski definition) is 4. The summed E-state index contributed by atoms with van der Waals surface area (Å²) in [6, 6.07) is 4.84. The number of carbonyl (C=O) groups is 2. The highest BCUT2D eigenvalue weighted by molar-refractivity contribution is 6.33. The first-order valence-corrected chi connectivity index (χ1v) is 7.87. The molecule has 0 aliphatic carbocycles. The van der Waals surface area contributed by atoms with Crippen molar-refractivity contribution in [3.05, 3.63) is 28.8 Å². The van der Waals surface area contributed by atoms with E-state index in [1.807, 2.05) is 20.8 Å². The molecular weight excluding hydrogens is 318 g/mol. The largest absolute Gasteiger partial charge is 0.444 e. The van der Waals surface area contributed by atoms with Gasteiger partial charge >= 0.3 is 6.09 Å². The van der Waals surface area contributed by atoms with Crippen molar-refractivity contribution in [1.29, 1.82) is 0 Å². The first-order chi connectivity index (χ1) is 10.7. The second-order valence-corrected chi connectivity index (χ2v) is 6.90. The van der Waals surface area contributed by atoms with Crippen LogP contribution < -0.4 is 5.73 Å². The van der Waals surface area contributed by atoms with Crippen LogP contribution in [0.25, 0.3) is 0 Å². The van der Waals surface area contributed by atoms with Crippen molar-refractivity contribution >= 4 is 29.3 Å². The molecule has 0 bridgehead atoms. The molecule has 0 spiro atoms. The lowest BCUT2D eigenvalue weighted by Crippen LogP contribution is -2.51. The van der Waals surface area contributed by atoms with E-state index >= 15 is 0 Å². The van der Waals surface area contributed by atoms with Crippen LogP contribution in [0.1, 0.15) is 31.1 Å². The fourth-order valence-corrected chi connectivity index (χ4v) is 2.44. The Balaban J connectivity index is 1.94. The summed E-state index contributed by atoms with van der Waals surface area (Å²) < 4.78 is 5.34. The zero-order valence-corrected chi connectivity index (χ0v) is 14.4. The topological polar surface area (TPSA) is 75.9 Å². The summed E-state index contributed by atoms with van der Waals surface area (Å²) in [5.74, 6) is -0.115. The summed E-state index contributed by atoms with van der Waals surface area (Å²) in [5, 5.41) is 0.364. The summed E-state index contributed by atoms with van der Waals surface area (Å²) in [6.45, 7) is 7.30. The first-order valence-electron chi connectivity index (χ1n) is 7.49. The van der Waals surface area contributed by atoms with Gasteiger partial charge in [0.05, 0.1) is 10.7 Å². The molecule has 126 valence electrons. The first kappa shape index (κ1) is 17.4. The van der Waals surface area contributed by atoms with E-state index in [1.165, 1.54) is 0 Å². The van der Waals surface area contributed by atoms with Crippen LogP contribution in [-0.2, 0) is 4.74 Å². The Morgan fingerprint density at radius 2 is 1.70 bits per heavy atom. The Hall–Kier alpha value is -1.95. The maximum absolute atomic E-state index is 12.5. The van der Waals surface area contributed by atoms with Gasteiger partial charge in [-0.2, -0.15) is 0 Å². The lowest BCUT2D eigenvalue weighted by molar-refractivity contribution is 0.0141. The normalized spacial score (nSPS) is 15.5. The van der Waals surface area contributed by atoms with E-state index in [1.54, 1.807) is 28.0 Å². The number of rotatable bonds is 1. The molecule has 1 saturated heterocycles. The fraction of sp³-hybridized carbons (Fsp3) is 0.500. The molecule has 0 unspecified atom stereocenters. The Morgan fingerprint density at radius 3 is 2.22 bits per heavy atom. The van der Waals surface area contributed by atoms with Crippen LogP contribution in [0.2, 0.25) is 5.02 Å². The number of amides is 2. The minimum Gasteiger partial charge on any atom is -0.444 e. The molecule has 1 aromatic carbocycles. The predicted molar refractivity (Wildman–Crippen MR) is 89.6 cm³/mol. The van der Waals surface area contributed by atoms with Crippen molar-refractivity contribution in [2.24, 2.45) is 0 Å². The summed E-state index contributed by atoms with van der Waals surface area (Å²) >= 11 is 5.96. The van der Waals surface area contributed by atoms with Gasteiger partial charge in [0, 0.05) is 31.7 Å². The van der Waals surface area contributed by atoms with E-state index in [2.05, 4.69) is 0 Å². The SMILES string of the molecule is CC(C)(C)OC(=O)N1CCN(C(=O)c2ccc(N)c(Cl)c2)CC1. The molecular formula is C16H22ClN3O3. The van der Waals surface area contributed by atoms with Crippen LogP contribution >= 0.6 is 11.6 Å². The molecule has 0 radical (unpaired) electrons. The van der Waals surface area contributed by atoms with Gasteiger partial charge in [-0.1, -0.05) is 11.6 Å². The van der Waals surface area contributed by atoms with Gasteiger partial charge in [0.1, 0.15) is 5.60 Å². The number of nitrogens with zero attached hydrogens (tertiary/aromatic N) is 2. The highest BCUT2D eigenvalue weighted by Crippen LogP contribution is 2.21. The van der Waals surface area contributed by atoms with Crippen LogP contribution in [0, 0.1) is 0 Å². The van der Waals surface area contributed by atoms with Crippen LogP contribution in [0.4, 0.5) is 10.5 Å². The number of hydrogen-bond donors (Lipinski definition) is 1. The van der Waals surface area contributed by atoms with Crippen molar-refractivity contribution in [1.82, 2.24) is 9.80 Å². The van der Waals surface area contributed by atoms with Crippen molar-refractivity contribution in [2.75, 3.05) is 31.9 Å². The molecule has 2 amide bonds. The van der Waals surface area contributed by atoms with E-state index < -0.39 is 5.60 Å². The van der Waals surface area contributed by atoms with Gasteiger partial charge in [0.25, 0.3) is 5.91 Å². The van der Waals surface area contributed by atoms with Crippen LogP contribution in [-0.4, -0.2) is 53.6 Å². The monoisotopic (exact) mass is 339 g/mol. The van der Waals surface area contributed by atoms with Gasteiger partial charge in [0.15, 0.2) is 0 Å². The van der Waals surface area contributed by atoms with E-state index in [0.29, 0.717) is 42.5 Å². The third kappa shape index (κ3) is 4.51. The minimum atomic E-state index is -0.523. The Morgan fingerprint density at radius 1 is 1.13 bits per heavy atom. The van der Waals surface area contributed by atoms with Crippen LogP contribution in [0.3, 0.4) is 0 Å². The number of anilines is 1. The number of benzene rings is 1. The quantitative estimate of drug-likeness (QED) is 0.798. The molecule has 1 aromatic rings. The average Bonchev–Trinajstić information content (AvgIpc) is 2.48. The van der Waals surface area contributed by atoms with Gasteiger partial charge in [-0.25, -0.2) is 4.79 Å². The second-order valence-electron chi connectivity index (χ2n) is 6.50. The highest BCUT2D eigenvalue weighted by atomic mass is 35.5. The summed E-state index contributed by atoms with van der Waals surface area (Å²) in [7, 11) is 0. The van der Waals surface area contributed by atoms with E-state index in [4.69, 9.17) is 22.1 Å². The molecule has 6 nitrogen and oxygen atoms in total. The second kappa shape index (κ2) is 6.66. The lowest BCUT2D eigenvalue weighted by Gasteiger charge is -2.35. The Kier molecular flexibility index (Phi) is 5.04. The molecule has 7 heteroatoms. The maximum atomic E-state index is 12.5. The Labute approximate surface area is 141 Å². The smallest absolute Gasteiger partial charge is 0.410 e. The van der Waals surface area contributed by atoms with E-state index in [0.717, 1.165) is 0 Å². The number of piperazine rings is 1. The van der Waals surface area contributed by atoms with Gasteiger partial charge in [0.2, 0.25) is 0 Å². The van der Waals surface area contributed by atoms with Crippen molar-refractivity contribution in [3.63, 3.8) is 0 Å². The highest BCUT2D eigenvalue weighted by Gasteiger charge is 2.28. The minimum absolute atomic E-state index is 0.115. The molecule has 2 N–H and O–H groups in total. The number of ether oxygens (including phenoxy) is 1. The van der Waals surface area contributed by atoms with Gasteiger partial charge < -0.3 is 20.3 Å². The zero-order valence-electron chi connectivity index (χ0n) is 13.6. The number of nitrogens with two attached hydrogens (primary N) is 1. The average molecular weight is 340 g/mol. The Bertz CT molecular complexity index is 605. The standard InChI is InChI=1S/C16H22ClN3O3/c1-16(2,3)23-15(22)20-8-6-19(7-9-20)14(21)11-4-5-13(18)12(17)10-11/h4-5,10H,6-9,18H2,1-3H3. The predicted octanol–water partition coefficient (Wildman–Crippen LogP) is 2.62. The third-order valence-corrected chi connectivity index (χ3v) is 3.79. The van der Waals surface area contributed by atoms with Crippen LogP contribution in [0.15, 0.2) is 18.2 Å². The van der Waals surface area contributed by atoms with E-state index in [-0.39, 0.29) is 12.0 Å². The molecule has 0 saturated carbocycles. The van der Waals surface area contributed by atoms with Crippen molar-refractivity contribution in [2.45, 2.75) is 26.4 Å². The third-order valence-electron chi connectivity index (χ3n) is 3.47. The molecule has 0 atom stereocenters. The summed E-state index contributed by atoms with van der Waals surface area (Å²) in [5.41, 5.74) is 6.07. The number of carbonyl (C=O) groups excluding carboxylic acids is 2. The fourth-order valence-electron chi connectivity index (χ4n) is 2.26. The molecule has 1 aliphatic rings. The lowest BCUT2D eigenvalue weighted by atomic mass is 10.1. The zero-order chi connectivity index (χ0) is 17.2. The molecule has 23 heavy (non-hydrogen) atoms. The summed E-state index contributed by atoms with van der Waals surface area (Å²) in [6.07, 6.45) is -0.347. The van der Waals surface area contributed by atoms with Gasteiger partial charge in [-0.15, -0.1) is 0 Å². The number of nitrogen functional groups attached to an aromatic ring is 1. The number of halogens is 1. The van der Waals surface area contributed by atoms with Gasteiger partial charge in [-0.05, 0) is 39.0 Å².